The lowest BCUT2D eigenvalue weighted by Gasteiger charge is -2.71. The van der Waals surface area contributed by atoms with E-state index in [-0.39, 0.29) is 56.5 Å². The van der Waals surface area contributed by atoms with E-state index in [1.54, 1.807) is 24.4 Å². The van der Waals surface area contributed by atoms with Crippen molar-refractivity contribution in [2.75, 3.05) is 7.11 Å². The third-order valence-electron chi connectivity index (χ3n) is 15.9. The van der Waals surface area contributed by atoms with Crippen molar-refractivity contribution in [3.63, 3.8) is 0 Å². The highest BCUT2D eigenvalue weighted by molar-refractivity contribution is 7.98. The Morgan fingerprint density at radius 3 is 2.42 bits per heavy atom. The number of hydrogen-bond acceptors (Lipinski definition) is 7. The van der Waals surface area contributed by atoms with Crippen LogP contribution in [0.4, 0.5) is 0 Å². The fourth-order valence-electron chi connectivity index (χ4n) is 12.8. The van der Waals surface area contributed by atoms with Gasteiger partial charge < -0.3 is 9.47 Å². The smallest absolute Gasteiger partial charge is 0.312 e. The van der Waals surface area contributed by atoms with Crippen LogP contribution in [-0.4, -0.2) is 40.1 Å². The zero-order valence-electron chi connectivity index (χ0n) is 33.1. The summed E-state index contributed by atoms with van der Waals surface area (Å²) in [6.45, 7) is 17.3. The summed E-state index contributed by atoms with van der Waals surface area (Å²) in [7, 11) is 1.59. The number of esters is 2. The second-order valence-electron chi connectivity index (χ2n) is 19.4. The first-order chi connectivity index (χ1) is 24.6. The van der Waals surface area contributed by atoms with Gasteiger partial charge in [-0.1, -0.05) is 83.5 Å². The number of benzene rings is 1. The third kappa shape index (κ3) is 6.19. The molecule has 8 heteroatoms. The highest BCUT2D eigenvalue weighted by atomic mass is 32.2. The van der Waals surface area contributed by atoms with E-state index < -0.39 is 0 Å². The highest BCUT2D eigenvalue weighted by Crippen LogP contribution is 2.76. The molecule has 1 heterocycles. The van der Waals surface area contributed by atoms with Crippen molar-refractivity contribution in [3.8, 4) is 0 Å². The normalized spacial score (nSPS) is 37.3. The number of fused-ring (bicyclic) bond motifs is 7. The number of nitrogens with zero attached hydrogens (tertiary/aromatic N) is 3. The van der Waals surface area contributed by atoms with Gasteiger partial charge in [0.05, 0.1) is 24.1 Å². The van der Waals surface area contributed by atoms with Crippen molar-refractivity contribution in [1.82, 2.24) is 15.0 Å². The van der Waals surface area contributed by atoms with Gasteiger partial charge in [0, 0.05) is 22.9 Å². The van der Waals surface area contributed by atoms with Crippen molar-refractivity contribution < 1.29 is 19.1 Å². The molecule has 4 fully saturated rings. The molecule has 0 unspecified atom stereocenters. The van der Waals surface area contributed by atoms with Gasteiger partial charge in [0.25, 0.3) is 0 Å². The molecule has 5 aliphatic rings. The standard InChI is InChI=1S/C44H63N3O4S/c1-39(2)23-25-44(38(49)50-8)26-24-42(6)32(33(44)27-39)17-18-35-41(5)21-20-36(40(3,4)34(41)19-22-43(35,42)7)51-37(48)16-12-13-30-28-47(46-45-30)29-52-31-14-10-9-11-15-31/h9-11,14-15,17,28,33-36H,12-13,16,18-27,29H2,1-8H3/t33-,34-,35+,36-,41-,42+,43+,44-/m0/s1. The lowest BCUT2D eigenvalue weighted by atomic mass is 9.33. The molecule has 1 aromatic carbocycles. The third-order valence-corrected chi connectivity index (χ3v) is 16.9. The molecule has 5 aliphatic carbocycles. The maximum absolute atomic E-state index is 13.6. The quantitative estimate of drug-likeness (QED) is 0.144. The second-order valence-corrected chi connectivity index (χ2v) is 20.4. The Kier molecular flexibility index (Phi) is 9.86. The highest BCUT2D eigenvalue weighted by Gasteiger charge is 2.69. The van der Waals surface area contributed by atoms with Gasteiger partial charge in [0.2, 0.25) is 0 Å². The molecule has 7 nitrogen and oxygen atoms in total. The number of carbonyl (C=O) groups excluding carboxylic acids is 2. The van der Waals surface area contributed by atoms with Gasteiger partial charge >= 0.3 is 11.9 Å². The van der Waals surface area contributed by atoms with Crippen molar-refractivity contribution in [2.24, 2.45) is 50.2 Å². The Bertz CT molecular complexity index is 1680. The summed E-state index contributed by atoms with van der Waals surface area (Å²) < 4.78 is 13.8. The molecule has 0 N–H and O–H groups in total. The largest absolute Gasteiger partial charge is 0.469 e. The summed E-state index contributed by atoms with van der Waals surface area (Å²) in [6.07, 6.45) is 16.9. The van der Waals surface area contributed by atoms with E-state index in [4.69, 9.17) is 9.47 Å². The van der Waals surface area contributed by atoms with Crippen LogP contribution in [0.2, 0.25) is 0 Å². The van der Waals surface area contributed by atoms with E-state index in [2.05, 4.69) is 77.0 Å². The summed E-state index contributed by atoms with van der Waals surface area (Å²) in [4.78, 5) is 28.1. The molecule has 2 aromatic rings. The van der Waals surface area contributed by atoms with E-state index in [9.17, 15) is 9.59 Å². The first-order valence-electron chi connectivity index (χ1n) is 20.1. The zero-order chi connectivity index (χ0) is 37.2. The van der Waals surface area contributed by atoms with Crippen LogP contribution in [0.5, 0.6) is 0 Å². The first-order valence-corrected chi connectivity index (χ1v) is 21.1. The Morgan fingerprint density at radius 2 is 1.67 bits per heavy atom. The van der Waals surface area contributed by atoms with Gasteiger partial charge in [-0.15, -0.1) is 16.9 Å². The van der Waals surface area contributed by atoms with Crippen LogP contribution in [0.3, 0.4) is 0 Å². The topological polar surface area (TPSA) is 83.3 Å². The lowest BCUT2D eigenvalue weighted by molar-refractivity contribution is -0.214. The van der Waals surface area contributed by atoms with Gasteiger partial charge in [-0.25, -0.2) is 4.68 Å². The molecule has 0 radical (unpaired) electrons. The minimum absolute atomic E-state index is 0.0232. The summed E-state index contributed by atoms with van der Waals surface area (Å²) in [5.41, 5.74) is 2.64. The van der Waals surface area contributed by atoms with E-state index in [1.807, 2.05) is 29.1 Å². The maximum Gasteiger partial charge on any atom is 0.312 e. The number of aryl methyl sites for hydroxylation is 1. The maximum atomic E-state index is 13.6. The summed E-state index contributed by atoms with van der Waals surface area (Å²) in [5, 5.41) is 8.64. The molecule has 1 aromatic heterocycles. The first kappa shape index (κ1) is 37.7. The van der Waals surface area contributed by atoms with E-state index in [1.165, 1.54) is 11.3 Å². The monoisotopic (exact) mass is 729 g/mol. The summed E-state index contributed by atoms with van der Waals surface area (Å²) in [5.74, 6) is 1.96. The van der Waals surface area contributed by atoms with Crippen molar-refractivity contribution >= 4 is 23.7 Å². The van der Waals surface area contributed by atoms with Crippen molar-refractivity contribution in [1.29, 1.82) is 0 Å². The zero-order valence-corrected chi connectivity index (χ0v) is 33.9. The molecule has 0 saturated heterocycles. The fourth-order valence-corrected chi connectivity index (χ4v) is 13.6. The predicted molar refractivity (Wildman–Crippen MR) is 206 cm³/mol. The van der Waals surface area contributed by atoms with Crippen molar-refractivity contribution in [2.45, 2.75) is 149 Å². The number of aromatic nitrogens is 3. The van der Waals surface area contributed by atoms with Crippen LogP contribution in [-0.2, 0) is 31.4 Å². The minimum Gasteiger partial charge on any atom is -0.469 e. The Hall–Kier alpha value is -2.61. The van der Waals surface area contributed by atoms with Gasteiger partial charge in [-0.05, 0) is 129 Å². The Labute approximate surface area is 316 Å². The molecule has 7 rings (SSSR count). The number of methoxy groups -OCH3 is 1. The van der Waals surface area contributed by atoms with Gasteiger partial charge in [0.1, 0.15) is 6.10 Å². The van der Waals surface area contributed by atoms with Crippen LogP contribution in [0, 0.1) is 50.2 Å². The lowest BCUT2D eigenvalue weighted by Crippen LogP contribution is -2.65. The summed E-state index contributed by atoms with van der Waals surface area (Å²) >= 11 is 1.73. The molecule has 0 spiro atoms. The molecular formula is C44H63N3O4S. The van der Waals surface area contributed by atoms with Gasteiger partial charge in [0.15, 0.2) is 0 Å². The number of carbonyl (C=O) groups is 2. The van der Waals surface area contributed by atoms with E-state index >= 15 is 0 Å². The van der Waals surface area contributed by atoms with Crippen LogP contribution >= 0.6 is 11.8 Å². The molecular weight excluding hydrogens is 667 g/mol. The molecule has 4 saturated carbocycles. The molecule has 0 aliphatic heterocycles. The average Bonchev–Trinajstić information content (AvgIpc) is 3.56. The number of ether oxygens (including phenoxy) is 2. The Morgan fingerprint density at radius 1 is 0.923 bits per heavy atom. The van der Waals surface area contributed by atoms with Crippen LogP contribution in [0.1, 0.15) is 131 Å². The van der Waals surface area contributed by atoms with Crippen LogP contribution in [0.25, 0.3) is 0 Å². The van der Waals surface area contributed by atoms with E-state index in [0.29, 0.717) is 37.0 Å². The van der Waals surface area contributed by atoms with Crippen LogP contribution < -0.4 is 0 Å². The number of hydrogen-bond donors (Lipinski definition) is 0. The number of rotatable bonds is 9. The minimum atomic E-state index is -0.371. The molecule has 8 atom stereocenters. The predicted octanol–water partition coefficient (Wildman–Crippen LogP) is 10.2. The molecule has 0 amide bonds. The number of allylic oxidation sites excluding steroid dienone is 2. The van der Waals surface area contributed by atoms with E-state index in [0.717, 1.165) is 63.5 Å². The number of thioether (sulfide) groups is 1. The average molecular weight is 730 g/mol. The molecule has 284 valence electrons. The summed E-state index contributed by atoms with van der Waals surface area (Å²) in [6, 6.07) is 10.3. The van der Waals surface area contributed by atoms with Gasteiger partial charge in [-0.3, -0.25) is 9.59 Å². The Balaban J connectivity index is 1.01. The second kappa shape index (κ2) is 13.6. The van der Waals surface area contributed by atoms with Gasteiger partial charge in [-0.2, -0.15) is 0 Å². The SMILES string of the molecule is COC(=O)[C@]12CCC(C)(C)C[C@H]1C1=CC[C@@H]3[C@@]4(C)CC[C@H](OC(=O)CCCc5cn(CSc6ccccc6)nn5)C(C)(C)[C@@H]4CC[C@@]3(C)[C@]1(C)CC2. The fraction of sp³-hybridized carbons (Fsp3) is 0.727. The molecule has 0 bridgehead atoms. The molecule has 52 heavy (non-hydrogen) atoms. The van der Waals surface area contributed by atoms with Crippen LogP contribution in [0.15, 0.2) is 53.1 Å². The van der Waals surface area contributed by atoms with Crippen molar-refractivity contribution in [3.05, 3.63) is 53.9 Å².